The summed E-state index contributed by atoms with van der Waals surface area (Å²) < 4.78 is 5.81. The summed E-state index contributed by atoms with van der Waals surface area (Å²) >= 11 is 0. The molecule has 5 rings (SSSR count). The van der Waals surface area contributed by atoms with Crippen molar-refractivity contribution >= 4 is 17.3 Å². The minimum atomic E-state index is -0.775. The highest BCUT2D eigenvalue weighted by atomic mass is 16.6. The Morgan fingerprint density at radius 1 is 1.00 bits per heavy atom. The van der Waals surface area contributed by atoms with Crippen molar-refractivity contribution in [3.8, 4) is 0 Å². The summed E-state index contributed by atoms with van der Waals surface area (Å²) in [6.45, 7) is 0. The minimum absolute atomic E-state index is 0.216. The maximum absolute atomic E-state index is 12.6. The van der Waals surface area contributed by atoms with Crippen LogP contribution in [0.4, 0.5) is 11.4 Å². The highest BCUT2D eigenvalue weighted by Gasteiger charge is 2.53. The zero-order chi connectivity index (χ0) is 17.8. The van der Waals surface area contributed by atoms with Crippen molar-refractivity contribution < 1.29 is 19.4 Å². The molecule has 4 fully saturated rings. The zero-order valence-electron chi connectivity index (χ0n) is 13.6. The molecule has 25 heavy (non-hydrogen) atoms. The average Bonchev–Trinajstić information content (AvgIpc) is 2.52. The van der Waals surface area contributed by atoms with Gasteiger partial charge in [0.2, 0.25) is 0 Å². The molecule has 1 aromatic carbocycles. The highest BCUT2D eigenvalue weighted by Crippen LogP contribution is 2.57. The summed E-state index contributed by atoms with van der Waals surface area (Å²) in [5, 5.41) is 22.1. The number of nitrogens with zero attached hydrogens (tertiary/aromatic N) is 2. The van der Waals surface area contributed by atoms with Crippen molar-refractivity contribution in [3.05, 3.63) is 44.0 Å². The van der Waals surface area contributed by atoms with E-state index in [1.54, 1.807) is 0 Å². The Kier molecular flexibility index (Phi) is 3.52. The first kappa shape index (κ1) is 16.0. The van der Waals surface area contributed by atoms with Crippen molar-refractivity contribution in [2.24, 2.45) is 17.8 Å². The van der Waals surface area contributed by atoms with Gasteiger partial charge in [-0.1, -0.05) is 0 Å². The Balaban J connectivity index is 1.61. The molecular weight excluding hydrogens is 328 g/mol. The Hall–Kier alpha value is -2.51. The van der Waals surface area contributed by atoms with Gasteiger partial charge < -0.3 is 4.74 Å². The van der Waals surface area contributed by atoms with Gasteiger partial charge in [-0.25, -0.2) is 4.79 Å². The average molecular weight is 346 g/mol. The largest absolute Gasteiger partial charge is 0.455 e. The van der Waals surface area contributed by atoms with Gasteiger partial charge in [-0.3, -0.25) is 20.2 Å². The lowest BCUT2D eigenvalue weighted by Crippen LogP contribution is -2.52. The number of non-ortho nitro benzene ring substituents is 1. The van der Waals surface area contributed by atoms with E-state index in [2.05, 4.69) is 0 Å². The molecule has 0 heterocycles. The van der Waals surface area contributed by atoms with Gasteiger partial charge in [0, 0.05) is 6.07 Å². The number of hydrogen-bond acceptors (Lipinski definition) is 6. The Labute approximate surface area is 143 Å². The van der Waals surface area contributed by atoms with E-state index in [9.17, 15) is 25.0 Å². The topological polar surface area (TPSA) is 113 Å². The SMILES string of the molecule is O=C(OC12CC3CC(CC(C3)C1)C2)c1ccc([N+](=O)[O-])cc1[N+](=O)[O-]. The van der Waals surface area contributed by atoms with Gasteiger partial charge in [-0.05, 0) is 62.3 Å². The number of nitro benzene ring substituents is 2. The lowest BCUT2D eigenvalue weighted by molar-refractivity contribution is -0.394. The number of esters is 1. The van der Waals surface area contributed by atoms with Gasteiger partial charge >= 0.3 is 5.97 Å². The summed E-state index contributed by atoms with van der Waals surface area (Å²) in [4.78, 5) is 33.2. The van der Waals surface area contributed by atoms with Crippen LogP contribution in [0.25, 0.3) is 0 Å². The van der Waals surface area contributed by atoms with Crippen molar-refractivity contribution in [2.45, 2.75) is 44.1 Å². The van der Waals surface area contributed by atoms with Gasteiger partial charge in [-0.15, -0.1) is 0 Å². The predicted octanol–water partition coefficient (Wildman–Crippen LogP) is 3.63. The maximum Gasteiger partial charge on any atom is 0.345 e. The molecule has 132 valence electrons. The summed E-state index contributed by atoms with van der Waals surface area (Å²) in [7, 11) is 0. The third-order valence-electron chi connectivity index (χ3n) is 5.90. The minimum Gasteiger partial charge on any atom is -0.455 e. The van der Waals surface area contributed by atoms with E-state index in [0.29, 0.717) is 17.8 Å². The molecule has 4 aliphatic carbocycles. The second kappa shape index (κ2) is 5.50. The van der Waals surface area contributed by atoms with Crippen LogP contribution >= 0.6 is 0 Å². The predicted molar refractivity (Wildman–Crippen MR) is 86.1 cm³/mol. The first-order valence-electron chi connectivity index (χ1n) is 8.51. The number of carbonyl (C=O) groups excluding carboxylic acids is 1. The van der Waals surface area contributed by atoms with Gasteiger partial charge in [0.05, 0.1) is 15.9 Å². The maximum atomic E-state index is 12.6. The third kappa shape index (κ3) is 2.75. The molecule has 0 atom stereocenters. The standard InChI is InChI=1S/C17H18N2O6/c20-16(14-2-1-13(18(21)22)6-15(14)19(23)24)25-17-7-10-3-11(8-17)5-12(4-10)9-17/h1-2,6,10-12H,3-5,7-9H2. The summed E-state index contributed by atoms with van der Waals surface area (Å²) in [5.74, 6) is 0.978. The summed E-state index contributed by atoms with van der Waals surface area (Å²) in [5.41, 5.74) is -1.73. The molecule has 4 bridgehead atoms. The molecule has 0 aliphatic heterocycles. The van der Waals surface area contributed by atoms with Crippen LogP contribution < -0.4 is 0 Å². The van der Waals surface area contributed by atoms with Crippen molar-refractivity contribution in [1.29, 1.82) is 0 Å². The fraction of sp³-hybridized carbons (Fsp3) is 0.588. The number of rotatable bonds is 4. The third-order valence-corrected chi connectivity index (χ3v) is 5.90. The first-order valence-corrected chi connectivity index (χ1v) is 8.51. The van der Waals surface area contributed by atoms with E-state index in [-0.39, 0.29) is 5.56 Å². The normalized spacial score (nSPS) is 32.4. The summed E-state index contributed by atoms with van der Waals surface area (Å²) in [6.07, 6.45) is 6.04. The number of nitro groups is 2. The van der Waals surface area contributed by atoms with Gasteiger partial charge in [0.1, 0.15) is 11.2 Å². The first-order chi connectivity index (χ1) is 11.8. The molecule has 0 spiro atoms. The van der Waals surface area contributed by atoms with Crippen LogP contribution in [-0.2, 0) is 4.74 Å². The van der Waals surface area contributed by atoms with Crippen LogP contribution in [0.2, 0.25) is 0 Å². The van der Waals surface area contributed by atoms with E-state index >= 15 is 0 Å². The van der Waals surface area contributed by atoms with E-state index in [4.69, 9.17) is 4.74 Å². The highest BCUT2D eigenvalue weighted by molar-refractivity contribution is 5.94. The number of carbonyl (C=O) groups is 1. The van der Waals surface area contributed by atoms with Gasteiger partial charge in [0.25, 0.3) is 11.4 Å². The molecule has 0 radical (unpaired) electrons. The van der Waals surface area contributed by atoms with E-state index < -0.39 is 32.8 Å². The molecule has 0 N–H and O–H groups in total. The molecule has 8 heteroatoms. The van der Waals surface area contributed by atoms with Gasteiger partial charge in [0.15, 0.2) is 0 Å². The van der Waals surface area contributed by atoms with E-state index in [1.807, 2.05) is 0 Å². The Bertz CT molecular complexity index is 739. The van der Waals surface area contributed by atoms with Crippen LogP contribution in [0, 0.1) is 38.0 Å². The number of ether oxygens (including phenoxy) is 1. The molecule has 0 aromatic heterocycles. The smallest absolute Gasteiger partial charge is 0.345 e. The summed E-state index contributed by atoms with van der Waals surface area (Å²) in [6, 6.07) is 3.04. The van der Waals surface area contributed by atoms with Crippen molar-refractivity contribution in [3.63, 3.8) is 0 Å². The lowest BCUT2D eigenvalue weighted by Gasteiger charge is -2.55. The molecule has 4 saturated carbocycles. The number of benzene rings is 1. The zero-order valence-corrected chi connectivity index (χ0v) is 13.6. The molecule has 4 aliphatic rings. The van der Waals surface area contributed by atoms with Crippen molar-refractivity contribution in [1.82, 2.24) is 0 Å². The fourth-order valence-corrected chi connectivity index (χ4v) is 5.37. The quantitative estimate of drug-likeness (QED) is 0.467. The van der Waals surface area contributed by atoms with Crippen LogP contribution in [0.3, 0.4) is 0 Å². The second-order valence-corrected chi connectivity index (χ2v) is 7.71. The Morgan fingerprint density at radius 2 is 1.56 bits per heavy atom. The molecule has 1 aromatic rings. The molecule has 0 amide bonds. The Morgan fingerprint density at radius 3 is 2.04 bits per heavy atom. The van der Waals surface area contributed by atoms with Gasteiger partial charge in [-0.2, -0.15) is 0 Å². The fourth-order valence-electron chi connectivity index (χ4n) is 5.37. The number of hydrogen-bond donors (Lipinski definition) is 0. The second-order valence-electron chi connectivity index (χ2n) is 7.71. The van der Waals surface area contributed by atoms with E-state index in [0.717, 1.165) is 37.5 Å². The molecule has 8 nitrogen and oxygen atoms in total. The lowest BCUT2D eigenvalue weighted by atomic mass is 9.54. The van der Waals surface area contributed by atoms with Crippen LogP contribution in [0.5, 0.6) is 0 Å². The monoisotopic (exact) mass is 346 g/mol. The van der Waals surface area contributed by atoms with Crippen LogP contribution in [-0.4, -0.2) is 21.4 Å². The molecular formula is C17H18N2O6. The molecule has 0 saturated heterocycles. The van der Waals surface area contributed by atoms with Crippen LogP contribution in [0.15, 0.2) is 18.2 Å². The van der Waals surface area contributed by atoms with Crippen LogP contribution in [0.1, 0.15) is 48.9 Å². The molecule has 0 unspecified atom stereocenters. The van der Waals surface area contributed by atoms with Crippen molar-refractivity contribution in [2.75, 3.05) is 0 Å². The van der Waals surface area contributed by atoms with E-state index in [1.165, 1.54) is 19.3 Å².